The van der Waals surface area contributed by atoms with Gasteiger partial charge in [0.15, 0.2) is 6.29 Å². The third kappa shape index (κ3) is 12.0. The molecule has 0 spiro atoms. The molecule has 0 radical (unpaired) electrons. The Morgan fingerprint density at radius 1 is 1.02 bits per heavy atom. The van der Waals surface area contributed by atoms with Crippen molar-refractivity contribution in [3.8, 4) is 0 Å². The van der Waals surface area contributed by atoms with Crippen LogP contribution < -0.4 is 0 Å². The summed E-state index contributed by atoms with van der Waals surface area (Å²) < 4.78 is 1.89. The number of carbonyl (C=O) groups is 2. The van der Waals surface area contributed by atoms with Crippen molar-refractivity contribution >= 4 is 23.8 Å². The van der Waals surface area contributed by atoms with Gasteiger partial charge in [0.25, 0.3) is 0 Å². The van der Waals surface area contributed by atoms with Crippen LogP contribution in [0.4, 0.5) is 0 Å². The van der Waals surface area contributed by atoms with Gasteiger partial charge in [-0.2, -0.15) is 0 Å². The molecule has 2 atom stereocenters. The van der Waals surface area contributed by atoms with Crippen LogP contribution in [0.15, 0.2) is 42.6 Å². The standard InChI is InChI=1S/C20H30N4O2.C8H9Cl.C3H8.C2H6/c1-16-5-3-8-22(10-7-17(16)2)9-4-6-20(26)23-11-12-24-18(15-25)13-21-19(24)14-23;1-2-7-5-3-4-6-8(7)9;1-3-2;1-2/h4,6,13,15-17H,3,5,7-12,14H2,1-2H3;3-6H,2H2,1H3;3H2,1-2H3;1-2H3/b6-4+;;;. The lowest BCUT2D eigenvalue weighted by Gasteiger charge is -2.29. The number of imidazole rings is 1. The Morgan fingerprint density at radius 2 is 1.70 bits per heavy atom. The van der Waals surface area contributed by atoms with Gasteiger partial charge in [-0.3, -0.25) is 14.5 Å². The van der Waals surface area contributed by atoms with Gasteiger partial charge in [-0.25, -0.2) is 4.98 Å². The number of benzene rings is 1. The number of aldehydes is 1. The maximum Gasteiger partial charge on any atom is 0.246 e. The van der Waals surface area contributed by atoms with E-state index in [0.29, 0.717) is 25.3 Å². The first kappa shape index (κ1) is 35.6. The lowest BCUT2D eigenvalue weighted by Crippen LogP contribution is -2.38. The number of amides is 1. The minimum atomic E-state index is 0.0286. The molecule has 2 aliphatic rings. The van der Waals surface area contributed by atoms with Crippen molar-refractivity contribution < 1.29 is 9.59 Å². The zero-order valence-electron chi connectivity index (χ0n) is 26.0. The molecule has 1 aromatic carbocycles. The lowest BCUT2D eigenvalue weighted by atomic mass is 9.87. The van der Waals surface area contributed by atoms with E-state index in [0.717, 1.165) is 55.0 Å². The summed E-state index contributed by atoms with van der Waals surface area (Å²) in [5.74, 6) is 2.41. The molecule has 0 aliphatic carbocycles. The van der Waals surface area contributed by atoms with Gasteiger partial charge >= 0.3 is 0 Å². The molecular weight excluding hydrogens is 520 g/mol. The molecular formula is C33H53ClN4O2. The Balaban J connectivity index is 0.000000474. The molecule has 2 unspecified atom stereocenters. The van der Waals surface area contributed by atoms with Crippen LogP contribution in [0, 0.1) is 11.8 Å². The molecule has 1 aromatic heterocycles. The van der Waals surface area contributed by atoms with Crippen LogP contribution in [0.2, 0.25) is 5.02 Å². The summed E-state index contributed by atoms with van der Waals surface area (Å²) in [6, 6.07) is 7.91. The van der Waals surface area contributed by atoms with Crippen LogP contribution in [-0.4, -0.2) is 57.7 Å². The smallest absolute Gasteiger partial charge is 0.246 e. The van der Waals surface area contributed by atoms with Gasteiger partial charge in [-0.1, -0.05) is 90.8 Å². The highest BCUT2D eigenvalue weighted by molar-refractivity contribution is 6.31. The first-order valence-corrected chi connectivity index (χ1v) is 15.6. The molecule has 224 valence electrons. The van der Waals surface area contributed by atoms with Crippen LogP contribution in [0.5, 0.6) is 0 Å². The molecule has 3 heterocycles. The maximum absolute atomic E-state index is 12.5. The number of hydrogen-bond donors (Lipinski definition) is 0. The van der Waals surface area contributed by atoms with Gasteiger partial charge in [-0.15, -0.1) is 0 Å². The van der Waals surface area contributed by atoms with E-state index in [9.17, 15) is 9.59 Å². The molecule has 2 aromatic rings. The number of aryl methyl sites for hydroxylation is 1. The van der Waals surface area contributed by atoms with Crippen LogP contribution in [0.25, 0.3) is 0 Å². The zero-order valence-corrected chi connectivity index (χ0v) is 26.8. The zero-order chi connectivity index (χ0) is 29.9. The van der Waals surface area contributed by atoms with Crippen molar-refractivity contribution in [2.75, 3.05) is 26.2 Å². The molecule has 1 amide bonds. The first-order valence-electron chi connectivity index (χ1n) is 15.2. The van der Waals surface area contributed by atoms with Crippen molar-refractivity contribution in [1.82, 2.24) is 19.4 Å². The van der Waals surface area contributed by atoms with E-state index in [4.69, 9.17) is 11.6 Å². The minimum absolute atomic E-state index is 0.0286. The normalized spacial score (nSPS) is 18.9. The SMILES string of the molecule is CC.CC1CCCN(C/C=C/C(=O)N2CCn3c(C=O)cnc3C2)CCC1C.CCC.CCc1ccccc1Cl. The van der Waals surface area contributed by atoms with Crippen LogP contribution in [-0.2, 0) is 24.3 Å². The van der Waals surface area contributed by atoms with E-state index in [1.165, 1.54) is 31.2 Å². The van der Waals surface area contributed by atoms with E-state index in [1.807, 2.05) is 48.8 Å². The molecule has 1 fully saturated rings. The van der Waals surface area contributed by atoms with E-state index >= 15 is 0 Å². The molecule has 40 heavy (non-hydrogen) atoms. The molecule has 1 saturated heterocycles. The van der Waals surface area contributed by atoms with Gasteiger partial charge < -0.3 is 9.47 Å². The van der Waals surface area contributed by atoms with Gasteiger partial charge in [0.2, 0.25) is 5.91 Å². The fraction of sp³-hybridized carbons (Fsp3) is 0.606. The molecule has 2 aliphatic heterocycles. The molecule has 0 saturated carbocycles. The fourth-order valence-electron chi connectivity index (χ4n) is 4.65. The lowest BCUT2D eigenvalue weighted by molar-refractivity contribution is -0.127. The third-order valence-corrected chi connectivity index (χ3v) is 7.66. The molecule has 0 N–H and O–H groups in total. The Bertz CT molecular complexity index is 1020. The Labute approximate surface area is 248 Å². The van der Waals surface area contributed by atoms with Crippen LogP contribution >= 0.6 is 11.6 Å². The maximum atomic E-state index is 12.5. The summed E-state index contributed by atoms with van der Waals surface area (Å²) in [5, 5.41) is 0.875. The predicted octanol–water partition coefficient (Wildman–Crippen LogP) is 7.70. The van der Waals surface area contributed by atoms with Crippen molar-refractivity contribution in [2.24, 2.45) is 11.8 Å². The summed E-state index contributed by atoms with van der Waals surface area (Å²) in [5.41, 5.74) is 1.81. The number of carbonyl (C=O) groups excluding carboxylic acids is 2. The number of likely N-dealkylation sites (tertiary alicyclic amines) is 1. The van der Waals surface area contributed by atoms with Crippen LogP contribution in [0.3, 0.4) is 0 Å². The Morgan fingerprint density at radius 3 is 2.33 bits per heavy atom. The van der Waals surface area contributed by atoms with Gasteiger partial charge in [-0.05, 0) is 62.2 Å². The minimum Gasteiger partial charge on any atom is -0.330 e. The van der Waals surface area contributed by atoms with E-state index in [2.05, 4.69) is 44.5 Å². The average Bonchev–Trinajstić information content (AvgIpc) is 3.39. The topological polar surface area (TPSA) is 58.4 Å². The van der Waals surface area contributed by atoms with Crippen LogP contribution in [0.1, 0.15) is 96.0 Å². The summed E-state index contributed by atoms with van der Waals surface area (Å²) in [6.45, 7) is 19.8. The van der Waals surface area contributed by atoms with Crippen molar-refractivity contribution in [3.05, 3.63) is 64.7 Å². The second-order valence-corrected chi connectivity index (χ2v) is 10.8. The average molecular weight is 573 g/mol. The van der Waals surface area contributed by atoms with Gasteiger partial charge in [0, 0.05) is 30.7 Å². The summed E-state index contributed by atoms with van der Waals surface area (Å²) in [4.78, 5) is 31.9. The molecule has 7 heteroatoms. The summed E-state index contributed by atoms with van der Waals surface area (Å²) >= 11 is 5.82. The first-order chi connectivity index (χ1) is 19.3. The summed E-state index contributed by atoms with van der Waals surface area (Å²) in [7, 11) is 0. The van der Waals surface area contributed by atoms with Crippen molar-refractivity contribution in [1.29, 1.82) is 0 Å². The number of aromatic nitrogens is 2. The third-order valence-electron chi connectivity index (χ3n) is 7.30. The Hall–Kier alpha value is -2.44. The van der Waals surface area contributed by atoms with Gasteiger partial charge in [0.05, 0.1) is 12.7 Å². The molecule has 0 bridgehead atoms. The fourth-order valence-corrected chi connectivity index (χ4v) is 4.92. The quantitative estimate of drug-likeness (QED) is 0.272. The number of hydrogen-bond acceptors (Lipinski definition) is 4. The Kier molecular flexibility index (Phi) is 18.2. The van der Waals surface area contributed by atoms with E-state index in [1.54, 1.807) is 17.2 Å². The second kappa shape index (κ2) is 20.4. The highest BCUT2D eigenvalue weighted by Crippen LogP contribution is 2.23. The molecule has 4 rings (SSSR count). The molecule has 6 nitrogen and oxygen atoms in total. The van der Waals surface area contributed by atoms with E-state index in [-0.39, 0.29) is 5.91 Å². The van der Waals surface area contributed by atoms with Gasteiger partial charge in [0.1, 0.15) is 11.5 Å². The monoisotopic (exact) mass is 572 g/mol. The highest BCUT2D eigenvalue weighted by Gasteiger charge is 2.22. The van der Waals surface area contributed by atoms with Crippen molar-refractivity contribution in [3.63, 3.8) is 0 Å². The number of fused-ring (bicyclic) bond motifs is 1. The number of halogens is 1. The predicted molar refractivity (Wildman–Crippen MR) is 169 cm³/mol. The second-order valence-electron chi connectivity index (χ2n) is 10.4. The number of nitrogens with zero attached hydrogens (tertiary/aromatic N) is 4. The number of rotatable bonds is 5. The largest absolute Gasteiger partial charge is 0.330 e. The summed E-state index contributed by atoms with van der Waals surface area (Å²) in [6.07, 6.45) is 12.1. The highest BCUT2D eigenvalue weighted by atomic mass is 35.5. The van der Waals surface area contributed by atoms with E-state index < -0.39 is 0 Å². The van der Waals surface area contributed by atoms with Crippen molar-refractivity contribution in [2.45, 2.75) is 93.7 Å².